The molecule has 4 aromatic rings. The summed E-state index contributed by atoms with van der Waals surface area (Å²) in [6.45, 7) is 6.23. The number of hydrogen-bond acceptors (Lipinski definition) is 7. The molecule has 2 aliphatic heterocycles. The van der Waals surface area contributed by atoms with Crippen LogP contribution < -0.4 is 15.0 Å². The maximum Gasteiger partial charge on any atom is 0.254 e. The second-order valence-electron chi connectivity index (χ2n) is 11.9. The average Bonchev–Trinajstić information content (AvgIpc) is 3.74. The van der Waals surface area contributed by atoms with Crippen molar-refractivity contribution in [3.63, 3.8) is 0 Å². The number of carbonyl (C=O) groups excluding carboxylic acids is 1. The smallest absolute Gasteiger partial charge is 0.254 e. The molecular weight excluding hydrogens is 545 g/mol. The molecule has 10 heteroatoms. The molecule has 43 heavy (non-hydrogen) atoms. The molecule has 1 saturated carbocycles. The highest BCUT2D eigenvalue weighted by Crippen LogP contribution is 2.38. The van der Waals surface area contributed by atoms with Crippen molar-refractivity contribution >= 4 is 23.5 Å². The molecule has 2 unspecified atom stereocenters. The van der Waals surface area contributed by atoms with Gasteiger partial charge in [-0.15, -0.1) is 0 Å². The molecule has 3 fully saturated rings. The van der Waals surface area contributed by atoms with E-state index in [1.807, 2.05) is 35.4 Å². The van der Waals surface area contributed by atoms with E-state index in [-0.39, 0.29) is 17.8 Å². The maximum absolute atomic E-state index is 14.0. The Morgan fingerprint density at radius 3 is 2.60 bits per heavy atom. The van der Waals surface area contributed by atoms with Gasteiger partial charge in [-0.1, -0.05) is 6.07 Å². The number of pyridine rings is 2. The summed E-state index contributed by atoms with van der Waals surface area (Å²) in [5.74, 6) is 2.58. The van der Waals surface area contributed by atoms with E-state index in [0.29, 0.717) is 49.1 Å². The molecular formula is C33H36FN7O2. The summed E-state index contributed by atoms with van der Waals surface area (Å²) in [4.78, 5) is 26.1. The van der Waals surface area contributed by atoms with Crippen LogP contribution in [-0.2, 0) is 0 Å². The number of hydrogen-bond donors (Lipinski definition) is 1. The molecule has 1 amide bonds. The van der Waals surface area contributed by atoms with Crippen molar-refractivity contribution in [2.75, 3.05) is 51.2 Å². The van der Waals surface area contributed by atoms with E-state index in [1.54, 1.807) is 31.0 Å². The van der Waals surface area contributed by atoms with Gasteiger partial charge in [0.2, 0.25) is 0 Å². The fraction of sp³-hybridized carbons (Fsp3) is 0.394. The van der Waals surface area contributed by atoms with Gasteiger partial charge in [-0.05, 0) is 80.6 Å². The number of benzene rings is 1. The summed E-state index contributed by atoms with van der Waals surface area (Å²) >= 11 is 0. The maximum atomic E-state index is 14.0. The fourth-order valence-corrected chi connectivity index (χ4v) is 6.92. The van der Waals surface area contributed by atoms with Crippen LogP contribution in [0, 0.1) is 24.6 Å². The number of nitrogens with zero attached hydrogens (tertiary/aromatic N) is 6. The molecule has 5 heterocycles. The van der Waals surface area contributed by atoms with Crippen molar-refractivity contribution in [3.8, 4) is 16.9 Å². The topological polar surface area (TPSA) is 87.4 Å². The lowest BCUT2D eigenvalue weighted by Gasteiger charge is -2.35. The van der Waals surface area contributed by atoms with Gasteiger partial charge in [0, 0.05) is 67.9 Å². The third-order valence-electron chi connectivity index (χ3n) is 9.24. The van der Waals surface area contributed by atoms with E-state index in [4.69, 9.17) is 9.72 Å². The Bertz CT molecular complexity index is 1660. The number of ether oxygens (including phenoxy) is 1. The normalized spacial score (nSPS) is 22.1. The Kier molecular flexibility index (Phi) is 7.30. The molecule has 2 atom stereocenters. The van der Waals surface area contributed by atoms with E-state index in [2.05, 4.69) is 32.4 Å². The highest BCUT2D eigenvalue weighted by Gasteiger charge is 2.38. The van der Waals surface area contributed by atoms with Gasteiger partial charge in [0.1, 0.15) is 17.4 Å². The molecule has 1 N–H and O–H groups in total. The molecule has 222 valence electrons. The van der Waals surface area contributed by atoms with Crippen LogP contribution in [0.1, 0.15) is 34.3 Å². The van der Waals surface area contributed by atoms with E-state index in [1.165, 1.54) is 6.07 Å². The van der Waals surface area contributed by atoms with E-state index in [9.17, 15) is 9.18 Å². The van der Waals surface area contributed by atoms with Crippen LogP contribution in [0.25, 0.3) is 16.6 Å². The first-order valence-corrected chi connectivity index (χ1v) is 15.0. The highest BCUT2D eigenvalue weighted by molar-refractivity contribution is 5.97. The van der Waals surface area contributed by atoms with E-state index in [0.717, 1.165) is 59.7 Å². The summed E-state index contributed by atoms with van der Waals surface area (Å²) in [6, 6.07) is 10.9. The molecule has 0 radical (unpaired) electrons. The minimum absolute atomic E-state index is 0.129. The number of amides is 1. The van der Waals surface area contributed by atoms with E-state index >= 15 is 0 Å². The third-order valence-corrected chi connectivity index (χ3v) is 9.24. The number of nitrogens with one attached hydrogen (secondary N) is 1. The quantitative estimate of drug-likeness (QED) is 0.343. The first kappa shape index (κ1) is 27.5. The lowest BCUT2D eigenvalue weighted by Crippen LogP contribution is -2.49. The zero-order chi connectivity index (χ0) is 29.5. The van der Waals surface area contributed by atoms with Gasteiger partial charge >= 0.3 is 0 Å². The van der Waals surface area contributed by atoms with Crippen LogP contribution in [0.15, 0.2) is 60.0 Å². The monoisotopic (exact) mass is 581 g/mol. The molecule has 3 aliphatic rings. The summed E-state index contributed by atoms with van der Waals surface area (Å²) in [5, 5.41) is 8.12. The number of anilines is 1. The van der Waals surface area contributed by atoms with Crippen molar-refractivity contribution in [1.82, 2.24) is 24.8 Å². The zero-order valence-electron chi connectivity index (χ0n) is 24.5. The second kappa shape index (κ2) is 11.4. The Morgan fingerprint density at radius 1 is 1.09 bits per heavy atom. The number of aliphatic imine (C=N–C) groups is 1. The molecule has 7 rings (SSSR count). The molecule has 3 aromatic heterocycles. The van der Waals surface area contributed by atoms with Gasteiger partial charge in [0.25, 0.3) is 5.91 Å². The molecule has 0 spiro atoms. The van der Waals surface area contributed by atoms with Crippen LogP contribution >= 0.6 is 0 Å². The van der Waals surface area contributed by atoms with Gasteiger partial charge < -0.3 is 19.9 Å². The van der Waals surface area contributed by atoms with Gasteiger partial charge in [0.05, 0.1) is 24.0 Å². The fourth-order valence-electron chi connectivity index (χ4n) is 6.92. The number of carbonyl (C=O) groups is 1. The van der Waals surface area contributed by atoms with E-state index < -0.39 is 0 Å². The van der Waals surface area contributed by atoms with Crippen LogP contribution in [-0.4, -0.2) is 84.0 Å². The summed E-state index contributed by atoms with van der Waals surface area (Å²) in [6.07, 6.45) is 9.88. The molecule has 0 bridgehead atoms. The molecule has 1 aromatic carbocycles. The lowest BCUT2D eigenvalue weighted by molar-refractivity contribution is 0.0745. The third kappa shape index (κ3) is 5.24. The predicted octanol–water partition coefficient (Wildman–Crippen LogP) is 4.23. The summed E-state index contributed by atoms with van der Waals surface area (Å²) in [7, 11) is 1.76. The predicted molar refractivity (Wildman–Crippen MR) is 165 cm³/mol. The zero-order valence-corrected chi connectivity index (χ0v) is 24.5. The lowest BCUT2D eigenvalue weighted by atomic mass is 10.0. The van der Waals surface area contributed by atoms with Gasteiger partial charge in [-0.25, -0.2) is 13.9 Å². The number of fused-ring (bicyclic) bond motifs is 2. The Labute approximate surface area is 250 Å². The van der Waals surface area contributed by atoms with Gasteiger partial charge in [0.15, 0.2) is 0 Å². The standard InChI is InChI=1S/C33H36FN7O2/c1-21-28(4-3-5-30(21)34)33(42)40-10-8-39(9-11-40)31-7-6-22(18-37-31)29-14-27(20-41-32(29)25(15-35-2)19-38-41)43-26-12-23-16-36-17-24(23)13-26/h3-7,14-15,18-20,23-24,26,36H,8-13,16-17H2,1-2H3. The first-order chi connectivity index (χ1) is 21.0. The largest absolute Gasteiger partial charge is 0.489 e. The molecule has 2 saturated heterocycles. The molecule has 9 nitrogen and oxygen atoms in total. The van der Waals surface area contributed by atoms with Crippen LogP contribution in [0.5, 0.6) is 5.75 Å². The number of halogens is 1. The van der Waals surface area contributed by atoms with Crippen molar-refractivity contribution in [2.45, 2.75) is 25.9 Å². The minimum Gasteiger partial charge on any atom is -0.489 e. The van der Waals surface area contributed by atoms with Gasteiger partial charge in [-0.2, -0.15) is 5.10 Å². The van der Waals surface area contributed by atoms with Crippen molar-refractivity contribution in [1.29, 1.82) is 0 Å². The first-order valence-electron chi connectivity index (χ1n) is 15.0. The average molecular weight is 582 g/mol. The Balaban J connectivity index is 1.10. The minimum atomic E-state index is -0.355. The summed E-state index contributed by atoms with van der Waals surface area (Å²) < 4.78 is 22.4. The number of piperazine rings is 1. The number of aromatic nitrogens is 3. The van der Waals surface area contributed by atoms with Crippen LogP contribution in [0.2, 0.25) is 0 Å². The molecule has 1 aliphatic carbocycles. The Hall–Kier alpha value is -4.31. The van der Waals surface area contributed by atoms with Crippen molar-refractivity contribution in [2.24, 2.45) is 16.8 Å². The number of rotatable bonds is 6. The SMILES string of the molecule is CN=Cc1cnn2cc(OC3CC4CNCC4C3)cc(-c3ccc(N4CCN(C(=O)c5cccc(F)c5C)CC4)nc3)c12. The van der Waals surface area contributed by atoms with Gasteiger partial charge in [-0.3, -0.25) is 9.79 Å². The van der Waals surface area contributed by atoms with Crippen LogP contribution in [0.4, 0.5) is 10.2 Å². The summed E-state index contributed by atoms with van der Waals surface area (Å²) in [5.41, 5.74) is 4.67. The highest BCUT2D eigenvalue weighted by atomic mass is 19.1. The Morgan fingerprint density at radius 2 is 1.88 bits per heavy atom. The van der Waals surface area contributed by atoms with Crippen molar-refractivity contribution < 1.29 is 13.9 Å². The van der Waals surface area contributed by atoms with Crippen LogP contribution in [0.3, 0.4) is 0 Å². The van der Waals surface area contributed by atoms with Crippen molar-refractivity contribution in [3.05, 3.63) is 77.5 Å². The second-order valence-corrected chi connectivity index (χ2v) is 11.9.